The number of nitrogens with zero attached hydrogens (tertiary/aromatic N) is 1. The molecule has 0 aromatic heterocycles. The molecule has 1 atom stereocenters. The largest absolute Gasteiger partial charge is 0.384 e. The first kappa shape index (κ1) is 15.2. The molecule has 0 spiro atoms. The Morgan fingerprint density at radius 2 is 2.22 bits per heavy atom. The highest BCUT2D eigenvalue weighted by atomic mass is 35.5. The third-order valence-electron chi connectivity index (χ3n) is 3.02. The Morgan fingerprint density at radius 1 is 1.56 bits per heavy atom. The molecule has 0 saturated heterocycles. The van der Waals surface area contributed by atoms with Gasteiger partial charge in [0.15, 0.2) is 0 Å². The summed E-state index contributed by atoms with van der Waals surface area (Å²) in [5, 5.41) is 8.04. The summed E-state index contributed by atoms with van der Waals surface area (Å²) in [4.78, 5) is 2.20. The van der Waals surface area contributed by atoms with Gasteiger partial charge in [-0.2, -0.15) is 11.8 Å². The molecule has 0 aliphatic heterocycles. The van der Waals surface area contributed by atoms with Crippen molar-refractivity contribution in [3.8, 4) is 0 Å². The number of hydrogen-bond donors (Lipinski definition) is 2. The molecule has 100 valence electrons. The Balaban J connectivity index is 2.98. The first-order valence-corrected chi connectivity index (χ1v) is 7.64. The molecular formula is C13H20ClN3S. The smallest absolute Gasteiger partial charge is 0.122 e. The molecule has 0 aliphatic carbocycles. The Kier molecular flexibility index (Phi) is 5.82. The van der Waals surface area contributed by atoms with Gasteiger partial charge in [0, 0.05) is 24.4 Å². The third kappa shape index (κ3) is 3.56. The van der Waals surface area contributed by atoms with E-state index in [1.54, 1.807) is 6.07 Å². The first-order valence-electron chi connectivity index (χ1n) is 5.87. The van der Waals surface area contributed by atoms with Crippen LogP contribution in [0, 0.1) is 5.41 Å². The topological polar surface area (TPSA) is 53.1 Å². The molecule has 1 aromatic rings. The van der Waals surface area contributed by atoms with Crippen LogP contribution in [-0.4, -0.2) is 30.9 Å². The summed E-state index contributed by atoms with van der Waals surface area (Å²) >= 11 is 8.10. The maximum Gasteiger partial charge on any atom is 0.122 e. The number of halogens is 1. The lowest BCUT2D eigenvalue weighted by Crippen LogP contribution is -2.33. The fraction of sp³-hybridized carbons (Fsp3) is 0.462. The summed E-state index contributed by atoms with van der Waals surface area (Å²) < 4.78 is 0. The maximum atomic E-state index is 7.40. The zero-order valence-corrected chi connectivity index (χ0v) is 12.6. The summed E-state index contributed by atoms with van der Waals surface area (Å²) in [7, 11) is 2.05. The highest BCUT2D eigenvalue weighted by molar-refractivity contribution is 7.98. The Labute approximate surface area is 118 Å². The van der Waals surface area contributed by atoms with E-state index in [1.165, 1.54) is 0 Å². The van der Waals surface area contributed by atoms with Crippen molar-refractivity contribution in [3.05, 3.63) is 28.8 Å². The van der Waals surface area contributed by atoms with Gasteiger partial charge in [0.1, 0.15) is 5.84 Å². The molecule has 0 radical (unpaired) electrons. The van der Waals surface area contributed by atoms with Crippen LogP contribution in [0.15, 0.2) is 18.2 Å². The second-order valence-corrected chi connectivity index (χ2v) is 5.53. The van der Waals surface area contributed by atoms with Gasteiger partial charge in [0.2, 0.25) is 0 Å². The van der Waals surface area contributed by atoms with E-state index >= 15 is 0 Å². The molecule has 1 rings (SSSR count). The SMILES string of the molecule is CCC(CSC)N(C)c1ccc(C(=N)N)cc1Cl. The van der Waals surface area contributed by atoms with Gasteiger partial charge in [0.25, 0.3) is 0 Å². The van der Waals surface area contributed by atoms with Gasteiger partial charge >= 0.3 is 0 Å². The van der Waals surface area contributed by atoms with Crippen LogP contribution in [0.3, 0.4) is 0 Å². The number of thioether (sulfide) groups is 1. The van der Waals surface area contributed by atoms with Gasteiger partial charge in [0.05, 0.1) is 10.7 Å². The van der Waals surface area contributed by atoms with Gasteiger partial charge in [-0.25, -0.2) is 0 Å². The number of nitrogen functional groups attached to an aromatic ring is 1. The molecule has 0 heterocycles. The zero-order valence-electron chi connectivity index (χ0n) is 11.0. The number of benzene rings is 1. The van der Waals surface area contributed by atoms with E-state index in [1.807, 2.05) is 23.9 Å². The lowest BCUT2D eigenvalue weighted by Gasteiger charge is -2.29. The van der Waals surface area contributed by atoms with Crippen molar-refractivity contribution in [2.24, 2.45) is 5.73 Å². The molecule has 0 saturated carbocycles. The van der Waals surface area contributed by atoms with Gasteiger partial charge in [-0.3, -0.25) is 5.41 Å². The molecule has 5 heteroatoms. The number of nitrogens with one attached hydrogen (secondary N) is 1. The van der Waals surface area contributed by atoms with Crippen molar-refractivity contribution >= 4 is 34.9 Å². The molecule has 3 nitrogen and oxygen atoms in total. The molecule has 0 fully saturated rings. The van der Waals surface area contributed by atoms with E-state index in [0.717, 1.165) is 17.9 Å². The second kappa shape index (κ2) is 6.90. The van der Waals surface area contributed by atoms with Gasteiger partial charge in [-0.15, -0.1) is 0 Å². The van der Waals surface area contributed by atoms with Crippen LogP contribution in [0.25, 0.3) is 0 Å². The molecule has 18 heavy (non-hydrogen) atoms. The zero-order chi connectivity index (χ0) is 13.7. The number of amidine groups is 1. The quantitative estimate of drug-likeness (QED) is 0.623. The fourth-order valence-electron chi connectivity index (χ4n) is 1.85. The Bertz CT molecular complexity index is 423. The predicted molar refractivity (Wildman–Crippen MR) is 83.3 cm³/mol. The second-order valence-electron chi connectivity index (χ2n) is 4.21. The minimum absolute atomic E-state index is 0.0438. The minimum Gasteiger partial charge on any atom is -0.384 e. The average molecular weight is 286 g/mol. The number of nitrogens with two attached hydrogens (primary N) is 1. The molecule has 0 amide bonds. The van der Waals surface area contributed by atoms with Crippen molar-refractivity contribution in [2.75, 3.05) is 24.0 Å². The normalized spacial score (nSPS) is 12.2. The summed E-state index contributed by atoms with van der Waals surface area (Å²) in [6.07, 6.45) is 3.18. The van der Waals surface area contributed by atoms with E-state index < -0.39 is 0 Å². The first-order chi connectivity index (χ1) is 8.51. The van der Waals surface area contributed by atoms with E-state index in [4.69, 9.17) is 22.7 Å². The number of hydrogen-bond acceptors (Lipinski definition) is 3. The van der Waals surface area contributed by atoms with Crippen molar-refractivity contribution < 1.29 is 0 Å². The standard InChI is InChI=1S/C13H20ClN3S/c1-4-10(8-18-3)17(2)12-6-5-9(13(15)16)7-11(12)14/h5-7,10H,4,8H2,1-3H3,(H3,15,16). The highest BCUT2D eigenvalue weighted by Gasteiger charge is 2.15. The lowest BCUT2D eigenvalue weighted by atomic mass is 10.1. The van der Waals surface area contributed by atoms with E-state index in [2.05, 4.69) is 25.1 Å². The Hall–Kier alpha value is -0.870. The van der Waals surface area contributed by atoms with Crippen molar-refractivity contribution in [1.29, 1.82) is 5.41 Å². The van der Waals surface area contributed by atoms with Crippen LogP contribution in [0.4, 0.5) is 5.69 Å². The summed E-state index contributed by atoms with van der Waals surface area (Å²) in [6.45, 7) is 2.18. The van der Waals surface area contributed by atoms with E-state index in [-0.39, 0.29) is 5.84 Å². The van der Waals surface area contributed by atoms with E-state index in [9.17, 15) is 0 Å². The molecule has 3 N–H and O–H groups in total. The van der Waals surface area contributed by atoms with Gasteiger partial charge in [-0.1, -0.05) is 18.5 Å². The van der Waals surface area contributed by atoms with Crippen LogP contribution >= 0.6 is 23.4 Å². The van der Waals surface area contributed by atoms with Crippen molar-refractivity contribution in [1.82, 2.24) is 0 Å². The van der Waals surface area contributed by atoms with Gasteiger partial charge in [-0.05, 0) is 30.9 Å². The van der Waals surface area contributed by atoms with Crippen LogP contribution in [0.2, 0.25) is 5.02 Å². The highest BCUT2D eigenvalue weighted by Crippen LogP contribution is 2.28. The summed E-state index contributed by atoms with van der Waals surface area (Å²) in [6, 6.07) is 5.98. The molecular weight excluding hydrogens is 266 g/mol. The summed E-state index contributed by atoms with van der Waals surface area (Å²) in [5.41, 5.74) is 7.10. The molecule has 1 aromatic carbocycles. The molecule has 0 aliphatic rings. The van der Waals surface area contributed by atoms with Crippen LogP contribution in [0.1, 0.15) is 18.9 Å². The Morgan fingerprint density at radius 3 is 2.67 bits per heavy atom. The molecule has 1 unspecified atom stereocenters. The monoisotopic (exact) mass is 285 g/mol. The average Bonchev–Trinajstić information content (AvgIpc) is 2.34. The van der Waals surface area contributed by atoms with Crippen LogP contribution < -0.4 is 10.6 Å². The van der Waals surface area contributed by atoms with Gasteiger partial charge < -0.3 is 10.6 Å². The third-order valence-corrected chi connectivity index (χ3v) is 4.04. The fourth-order valence-corrected chi connectivity index (χ4v) is 3.01. The van der Waals surface area contributed by atoms with Crippen molar-refractivity contribution in [2.45, 2.75) is 19.4 Å². The summed E-state index contributed by atoms with van der Waals surface area (Å²) in [5.74, 6) is 1.11. The number of anilines is 1. The number of rotatable bonds is 6. The van der Waals surface area contributed by atoms with E-state index in [0.29, 0.717) is 16.6 Å². The van der Waals surface area contributed by atoms with Crippen LogP contribution in [0.5, 0.6) is 0 Å². The van der Waals surface area contributed by atoms with Crippen LogP contribution in [-0.2, 0) is 0 Å². The maximum absolute atomic E-state index is 7.40. The predicted octanol–water partition coefficient (Wildman–Crippen LogP) is 3.20. The lowest BCUT2D eigenvalue weighted by molar-refractivity contribution is 0.673. The molecule has 0 bridgehead atoms. The van der Waals surface area contributed by atoms with Crippen molar-refractivity contribution in [3.63, 3.8) is 0 Å². The minimum atomic E-state index is 0.0438.